The molecule has 10 heteroatoms. The Bertz CT molecular complexity index is 1370. The summed E-state index contributed by atoms with van der Waals surface area (Å²) in [7, 11) is 0. The number of ketones is 1. The van der Waals surface area contributed by atoms with Gasteiger partial charge in [-0.05, 0) is 37.3 Å². The quantitative estimate of drug-likeness (QED) is 0.156. The van der Waals surface area contributed by atoms with Gasteiger partial charge in [-0.3, -0.25) is 19.3 Å². The van der Waals surface area contributed by atoms with Gasteiger partial charge < -0.3 is 0 Å². The number of nitro benzene ring substituents is 1. The fraction of sp³-hybridized carbons (Fsp3) is 0.0476. The van der Waals surface area contributed by atoms with E-state index in [0.29, 0.717) is 28.0 Å². The molecule has 0 N–H and O–H groups in total. The fourth-order valence-corrected chi connectivity index (χ4v) is 4.11. The van der Waals surface area contributed by atoms with Crippen molar-refractivity contribution in [2.45, 2.75) is 6.92 Å². The number of benzene rings is 2. The summed E-state index contributed by atoms with van der Waals surface area (Å²) in [4.78, 5) is 29.3. The molecule has 0 amide bonds. The first-order valence-corrected chi connectivity index (χ1v) is 10.0. The highest BCUT2D eigenvalue weighted by Gasteiger charge is 2.19. The lowest BCUT2D eigenvalue weighted by Gasteiger charge is -2.02. The Kier molecular flexibility index (Phi) is 5.38. The third kappa shape index (κ3) is 4.10. The van der Waals surface area contributed by atoms with Gasteiger partial charge in [-0.1, -0.05) is 17.7 Å². The molecule has 4 aromatic rings. The van der Waals surface area contributed by atoms with Crippen LogP contribution in [0.5, 0.6) is 0 Å². The van der Waals surface area contributed by atoms with E-state index in [2.05, 4.69) is 4.98 Å². The molecule has 0 aliphatic rings. The molecular weight excluding hydrogens is 448 g/mol. The number of nitro groups is 1. The molecule has 0 saturated heterocycles. The second-order valence-electron chi connectivity index (χ2n) is 6.62. The Balaban J connectivity index is 1.82. The van der Waals surface area contributed by atoms with Crippen molar-refractivity contribution in [3.05, 3.63) is 91.6 Å². The molecule has 0 aliphatic carbocycles. The van der Waals surface area contributed by atoms with E-state index in [4.69, 9.17) is 11.6 Å². The zero-order valence-electron chi connectivity index (χ0n) is 15.8. The minimum absolute atomic E-state index is 0.00832. The largest absolute Gasteiger partial charge is 0.290 e. The van der Waals surface area contributed by atoms with E-state index in [0.717, 1.165) is 17.0 Å². The molecule has 31 heavy (non-hydrogen) atoms. The van der Waals surface area contributed by atoms with Crippen molar-refractivity contribution in [2.24, 2.45) is 0 Å². The monoisotopic (exact) mass is 459 g/mol. The van der Waals surface area contributed by atoms with E-state index in [1.54, 1.807) is 10.5 Å². The van der Waals surface area contributed by atoms with Crippen LogP contribution in [0, 0.1) is 28.7 Å². The number of thiazole rings is 1. The van der Waals surface area contributed by atoms with Crippen LogP contribution in [-0.2, 0) is 0 Å². The summed E-state index contributed by atoms with van der Waals surface area (Å²) in [5.41, 5.74) is 0.919. The van der Waals surface area contributed by atoms with Crippen molar-refractivity contribution >= 4 is 45.4 Å². The highest BCUT2D eigenvalue weighted by atomic mass is 35.5. The summed E-state index contributed by atoms with van der Waals surface area (Å²) >= 11 is 7.31. The highest BCUT2D eigenvalue weighted by molar-refractivity contribution is 7.17. The Morgan fingerprint density at radius 3 is 2.61 bits per heavy atom. The third-order valence-corrected chi connectivity index (χ3v) is 5.65. The second kappa shape index (κ2) is 8.01. The number of aryl methyl sites for hydroxylation is 1. The van der Waals surface area contributed by atoms with Crippen LogP contribution in [0.4, 0.5) is 14.5 Å². The van der Waals surface area contributed by atoms with Gasteiger partial charge in [-0.2, -0.15) is 0 Å². The van der Waals surface area contributed by atoms with E-state index >= 15 is 0 Å². The van der Waals surface area contributed by atoms with Crippen LogP contribution >= 0.6 is 22.9 Å². The van der Waals surface area contributed by atoms with Crippen molar-refractivity contribution in [1.29, 1.82) is 0 Å². The number of hydrogen-bond acceptors (Lipinski definition) is 5. The van der Waals surface area contributed by atoms with Gasteiger partial charge in [0.15, 0.2) is 10.7 Å². The van der Waals surface area contributed by atoms with Crippen molar-refractivity contribution in [1.82, 2.24) is 9.38 Å². The van der Waals surface area contributed by atoms with Gasteiger partial charge in [0.25, 0.3) is 5.69 Å². The third-order valence-electron chi connectivity index (χ3n) is 4.43. The molecule has 0 spiro atoms. The first-order chi connectivity index (χ1) is 14.7. The van der Waals surface area contributed by atoms with Crippen molar-refractivity contribution < 1.29 is 18.5 Å². The van der Waals surface area contributed by atoms with E-state index in [-0.39, 0.29) is 16.3 Å². The molecule has 0 atom stereocenters. The summed E-state index contributed by atoms with van der Waals surface area (Å²) in [6.07, 6.45) is 4.46. The number of carbonyl (C=O) groups is 1. The van der Waals surface area contributed by atoms with E-state index < -0.39 is 22.3 Å². The SMILES string of the molecule is Cc1cn2c(C=CC(=O)c3cc(F)cc(F)c3)c(-c3ccc(Cl)c([N+](=O)[O-])c3)nc2s1. The number of allylic oxidation sites excluding steroid dienone is 1. The molecule has 6 nitrogen and oxygen atoms in total. The summed E-state index contributed by atoms with van der Waals surface area (Å²) in [5.74, 6) is -2.31. The number of nitrogens with zero attached hydrogens (tertiary/aromatic N) is 3. The van der Waals surface area contributed by atoms with Crippen molar-refractivity contribution in [3.63, 3.8) is 0 Å². The molecule has 0 aliphatic heterocycles. The lowest BCUT2D eigenvalue weighted by molar-refractivity contribution is -0.384. The zero-order chi connectivity index (χ0) is 22.3. The lowest BCUT2D eigenvalue weighted by atomic mass is 10.1. The zero-order valence-corrected chi connectivity index (χ0v) is 17.4. The van der Waals surface area contributed by atoms with Gasteiger partial charge in [0.05, 0.1) is 16.3 Å². The van der Waals surface area contributed by atoms with Gasteiger partial charge >= 0.3 is 0 Å². The van der Waals surface area contributed by atoms with E-state index in [1.165, 1.54) is 35.6 Å². The maximum Gasteiger partial charge on any atom is 0.288 e. The van der Waals surface area contributed by atoms with Crippen molar-refractivity contribution in [2.75, 3.05) is 0 Å². The first-order valence-electron chi connectivity index (χ1n) is 8.84. The summed E-state index contributed by atoms with van der Waals surface area (Å²) in [6.45, 7) is 1.89. The number of fused-ring (bicyclic) bond motifs is 1. The number of carbonyl (C=O) groups excluding carboxylic acids is 1. The number of rotatable bonds is 5. The molecule has 156 valence electrons. The predicted molar refractivity (Wildman–Crippen MR) is 115 cm³/mol. The average molecular weight is 460 g/mol. The van der Waals surface area contributed by atoms with Gasteiger partial charge in [-0.25, -0.2) is 13.8 Å². The minimum Gasteiger partial charge on any atom is -0.290 e. The topological polar surface area (TPSA) is 77.5 Å². The highest BCUT2D eigenvalue weighted by Crippen LogP contribution is 2.34. The fourth-order valence-electron chi connectivity index (χ4n) is 3.09. The van der Waals surface area contributed by atoms with Crippen molar-refractivity contribution in [3.8, 4) is 11.3 Å². The molecule has 2 aromatic heterocycles. The van der Waals surface area contributed by atoms with Gasteiger partial charge in [0.2, 0.25) is 0 Å². The molecule has 2 heterocycles. The first kappa shape index (κ1) is 20.8. The van der Waals surface area contributed by atoms with Crippen LogP contribution in [-0.4, -0.2) is 20.1 Å². The maximum atomic E-state index is 13.4. The van der Waals surface area contributed by atoms with Crippen LogP contribution in [0.25, 0.3) is 22.3 Å². The van der Waals surface area contributed by atoms with Crippen LogP contribution in [0.1, 0.15) is 20.9 Å². The molecule has 0 unspecified atom stereocenters. The molecule has 0 saturated carbocycles. The Hall–Kier alpha value is -3.43. The summed E-state index contributed by atoms with van der Waals surface area (Å²) < 4.78 is 28.6. The van der Waals surface area contributed by atoms with Gasteiger partial charge in [0.1, 0.15) is 16.7 Å². The average Bonchev–Trinajstić information content (AvgIpc) is 3.21. The molecule has 0 radical (unpaired) electrons. The molecule has 0 fully saturated rings. The minimum atomic E-state index is -0.855. The van der Waals surface area contributed by atoms with E-state index in [9.17, 15) is 23.7 Å². The van der Waals surface area contributed by atoms with Crippen LogP contribution < -0.4 is 0 Å². The number of halogens is 3. The normalized spacial score (nSPS) is 11.5. The number of imidazole rings is 1. The molecular formula is C21H12ClF2N3O3S. The Morgan fingerprint density at radius 2 is 1.94 bits per heavy atom. The van der Waals surface area contributed by atoms with Crippen LogP contribution in [0.15, 0.2) is 48.7 Å². The number of hydrogen-bond donors (Lipinski definition) is 0. The Morgan fingerprint density at radius 1 is 1.23 bits per heavy atom. The van der Waals surface area contributed by atoms with Crippen LogP contribution in [0.3, 0.4) is 0 Å². The summed E-state index contributed by atoms with van der Waals surface area (Å²) in [5, 5.41) is 11.3. The predicted octanol–water partition coefficient (Wildman–Crippen LogP) is 6.11. The Labute approximate surface area is 183 Å². The standard InChI is InChI=1S/C21H12ClF2N3O3S/c1-11-10-26-17(4-5-19(28)13-6-14(23)9-15(24)7-13)20(25-21(26)31-11)12-2-3-16(22)18(8-12)27(29)30/h2-10H,1H3. The molecule has 4 rings (SSSR count). The molecule has 0 bridgehead atoms. The summed E-state index contributed by atoms with van der Waals surface area (Å²) in [6, 6.07) is 6.88. The lowest BCUT2D eigenvalue weighted by Crippen LogP contribution is -1.97. The smallest absolute Gasteiger partial charge is 0.288 e. The second-order valence-corrected chi connectivity index (χ2v) is 8.24. The van der Waals surface area contributed by atoms with Crippen LogP contribution in [0.2, 0.25) is 5.02 Å². The number of aromatic nitrogens is 2. The molecule has 2 aromatic carbocycles. The van der Waals surface area contributed by atoms with Gasteiger partial charge in [-0.15, -0.1) is 11.3 Å². The van der Waals surface area contributed by atoms with E-state index in [1.807, 2.05) is 13.1 Å². The van der Waals surface area contributed by atoms with Gasteiger partial charge in [0, 0.05) is 34.3 Å². The maximum absolute atomic E-state index is 13.4.